The van der Waals surface area contributed by atoms with E-state index in [9.17, 15) is 23.1 Å². The van der Waals surface area contributed by atoms with Gasteiger partial charge in [-0.05, 0) is 63.2 Å². The highest BCUT2D eigenvalue weighted by Gasteiger charge is 2.61. The van der Waals surface area contributed by atoms with E-state index in [-0.39, 0.29) is 12.5 Å². The van der Waals surface area contributed by atoms with Gasteiger partial charge in [-0.15, -0.1) is 0 Å². The second-order valence-corrected chi connectivity index (χ2v) is 10.8. The van der Waals surface area contributed by atoms with Crippen molar-refractivity contribution in [1.82, 2.24) is 15.2 Å². The Morgan fingerprint density at radius 3 is 2.47 bits per heavy atom. The van der Waals surface area contributed by atoms with Gasteiger partial charge in [-0.2, -0.15) is 13.2 Å². The molecule has 1 aliphatic carbocycles. The van der Waals surface area contributed by atoms with Crippen molar-refractivity contribution in [1.29, 1.82) is 0 Å². The van der Waals surface area contributed by atoms with Crippen LogP contribution in [-0.2, 0) is 21.7 Å². The lowest BCUT2D eigenvalue weighted by atomic mass is 9.90. The maximum atomic E-state index is 13.7. The Morgan fingerprint density at radius 1 is 1.18 bits per heavy atom. The molecule has 0 unspecified atom stereocenters. The summed E-state index contributed by atoms with van der Waals surface area (Å²) in [6.45, 7) is 2.61. The quantitative estimate of drug-likeness (QED) is 0.339. The Labute approximate surface area is 225 Å². The van der Waals surface area contributed by atoms with Gasteiger partial charge in [0.05, 0.1) is 13.3 Å². The molecule has 11 heteroatoms. The van der Waals surface area contributed by atoms with Gasteiger partial charge in [-0.25, -0.2) is 4.98 Å². The lowest BCUT2D eigenvalue weighted by molar-refractivity contribution is -0.257. The highest BCUT2D eigenvalue weighted by Crippen LogP contribution is 2.48. The number of piperidine rings is 1. The van der Waals surface area contributed by atoms with Crippen molar-refractivity contribution in [2.45, 2.75) is 37.6 Å². The first-order valence-corrected chi connectivity index (χ1v) is 13.1. The second kappa shape index (κ2) is 11.8. The molecule has 2 heterocycles. The summed E-state index contributed by atoms with van der Waals surface area (Å²) in [7, 11) is 3.84. The number of hydrogen-bond acceptors (Lipinski definition) is 6. The van der Waals surface area contributed by atoms with E-state index >= 15 is 0 Å². The SMILES string of the molecule is CN(C)COCc1ccc(N2CCC([C@H]3C[C@H]3CNC(=O)[C@](O)(c3ccccc3)C(F)(F)F)CC2)nc1Cl. The van der Waals surface area contributed by atoms with E-state index < -0.39 is 23.2 Å². The molecule has 0 spiro atoms. The molecular weight excluding hydrogens is 521 g/mol. The van der Waals surface area contributed by atoms with E-state index in [4.69, 9.17) is 16.3 Å². The first-order chi connectivity index (χ1) is 18.0. The molecule has 208 valence electrons. The number of ether oxygens (including phenoxy) is 1. The Bertz CT molecular complexity index is 1100. The van der Waals surface area contributed by atoms with Crippen molar-refractivity contribution >= 4 is 23.3 Å². The number of aromatic nitrogens is 1. The number of aliphatic hydroxyl groups is 1. The van der Waals surface area contributed by atoms with Crippen LogP contribution < -0.4 is 10.2 Å². The number of anilines is 1. The third kappa shape index (κ3) is 6.42. The number of nitrogens with zero attached hydrogens (tertiary/aromatic N) is 3. The van der Waals surface area contributed by atoms with E-state index in [0.29, 0.717) is 30.3 Å². The number of nitrogens with one attached hydrogen (secondary N) is 1. The Hall–Kier alpha value is -2.40. The van der Waals surface area contributed by atoms with Crippen LogP contribution in [0.2, 0.25) is 5.15 Å². The zero-order valence-electron chi connectivity index (χ0n) is 21.5. The molecule has 0 radical (unpaired) electrons. The lowest BCUT2D eigenvalue weighted by Crippen LogP contribution is -2.54. The largest absolute Gasteiger partial charge is 0.430 e. The number of benzene rings is 1. The monoisotopic (exact) mass is 554 g/mol. The number of pyridine rings is 1. The van der Waals surface area contributed by atoms with Crippen LogP contribution in [0.3, 0.4) is 0 Å². The first-order valence-electron chi connectivity index (χ1n) is 12.8. The average molecular weight is 555 g/mol. The summed E-state index contributed by atoms with van der Waals surface area (Å²) in [6, 6.07) is 10.3. The predicted molar refractivity (Wildman–Crippen MR) is 139 cm³/mol. The summed E-state index contributed by atoms with van der Waals surface area (Å²) < 4.78 is 46.7. The number of hydrogen-bond donors (Lipinski definition) is 2. The van der Waals surface area contributed by atoms with Gasteiger partial charge >= 0.3 is 6.18 Å². The molecule has 0 bridgehead atoms. The third-order valence-corrected chi connectivity index (χ3v) is 7.75. The van der Waals surface area contributed by atoms with Gasteiger partial charge in [-0.1, -0.05) is 41.9 Å². The van der Waals surface area contributed by atoms with Gasteiger partial charge < -0.3 is 20.1 Å². The molecule has 38 heavy (non-hydrogen) atoms. The number of carbonyl (C=O) groups is 1. The summed E-state index contributed by atoms with van der Waals surface area (Å²) in [5.74, 6) is 0.267. The van der Waals surface area contributed by atoms with Crippen LogP contribution in [0, 0.1) is 17.8 Å². The molecule has 1 aromatic heterocycles. The molecule has 1 saturated heterocycles. The van der Waals surface area contributed by atoms with Crippen molar-refractivity contribution in [2.24, 2.45) is 17.8 Å². The van der Waals surface area contributed by atoms with Crippen LogP contribution in [-0.4, -0.2) is 67.5 Å². The first kappa shape index (κ1) is 28.6. The van der Waals surface area contributed by atoms with Gasteiger partial charge in [0, 0.05) is 30.8 Å². The minimum atomic E-state index is -5.14. The van der Waals surface area contributed by atoms with Crippen molar-refractivity contribution in [3.63, 3.8) is 0 Å². The van der Waals surface area contributed by atoms with Crippen molar-refractivity contribution in [2.75, 3.05) is 45.4 Å². The maximum Gasteiger partial charge on any atom is 0.430 e. The van der Waals surface area contributed by atoms with E-state index in [1.165, 1.54) is 18.2 Å². The number of halogens is 4. The number of rotatable bonds is 10. The summed E-state index contributed by atoms with van der Waals surface area (Å²) >= 11 is 6.38. The molecule has 2 aromatic rings. The summed E-state index contributed by atoms with van der Waals surface area (Å²) in [5.41, 5.74) is -3.24. The minimum absolute atomic E-state index is 0.109. The van der Waals surface area contributed by atoms with Crippen LogP contribution >= 0.6 is 11.6 Å². The fourth-order valence-corrected chi connectivity index (χ4v) is 5.37. The topological polar surface area (TPSA) is 77.9 Å². The molecular formula is C27H34ClF3N4O3. The summed E-state index contributed by atoms with van der Waals surface area (Å²) in [5, 5.41) is 13.2. The number of carbonyl (C=O) groups excluding carboxylic acids is 1. The molecule has 1 saturated carbocycles. The normalized spacial score (nSPS) is 21.8. The van der Waals surface area contributed by atoms with Crippen molar-refractivity contribution in [3.8, 4) is 0 Å². The average Bonchev–Trinajstić information content (AvgIpc) is 3.67. The Kier molecular flexibility index (Phi) is 8.86. The molecule has 3 atom stereocenters. The molecule has 1 aromatic carbocycles. The highest BCUT2D eigenvalue weighted by molar-refractivity contribution is 6.30. The Morgan fingerprint density at radius 2 is 1.87 bits per heavy atom. The molecule has 2 N–H and O–H groups in total. The molecule has 4 rings (SSSR count). The number of alkyl halides is 3. The lowest BCUT2D eigenvalue weighted by Gasteiger charge is -2.33. The zero-order chi connectivity index (χ0) is 27.5. The highest BCUT2D eigenvalue weighted by atomic mass is 35.5. The van der Waals surface area contributed by atoms with E-state index in [2.05, 4.69) is 15.2 Å². The van der Waals surface area contributed by atoms with Gasteiger partial charge in [-0.3, -0.25) is 9.69 Å². The van der Waals surface area contributed by atoms with Crippen LogP contribution in [0.5, 0.6) is 0 Å². The van der Waals surface area contributed by atoms with Gasteiger partial charge in [0.2, 0.25) is 0 Å². The predicted octanol–water partition coefficient (Wildman–Crippen LogP) is 4.19. The summed E-state index contributed by atoms with van der Waals surface area (Å²) in [4.78, 5) is 21.2. The van der Waals surface area contributed by atoms with Crippen molar-refractivity contribution in [3.05, 3.63) is 58.7 Å². The fraction of sp³-hybridized carbons (Fsp3) is 0.556. The maximum absolute atomic E-state index is 13.7. The molecule has 7 nitrogen and oxygen atoms in total. The van der Waals surface area contributed by atoms with Gasteiger partial charge in [0.25, 0.3) is 11.5 Å². The number of amides is 1. The molecule has 1 amide bonds. The summed E-state index contributed by atoms with van der Waals surface area (Å²) in [6.07, 6.45) is -2.42. The molecule has 2 aliphatic rings. The van der Waals surface area contributed by atoms with Crippen molar-refractivity contribution < 1.29 is 27.8 Å². The van der Waals surface area contributed by atoms with Crippen LogP contribution in [0.1, 0.15) is 30.4 Å². The van der Waals surface area contributed by atoms with Crippen LogP contribution in [0.15, 0.2) is 42.5 Å². The van der Waals surface area contributed by atoms with E-state index in [0.717, 1.165) is 55.9 Å². The van der Waals surface area contributed by atoms with E-state index in [1.807, 2.05) is 31.1 Å². The molecule has 2 fully saturated rings. The molecule has 1 aliphatic heterocycles. The zero-order valence-corrected chi connectivity index (χ0v) is 22.3. The second-order valence-electron chi connectivity index (χ2n) is 10.4. The van der Waals surface area contributed by atoms with E-state index in [1.54, 1.807) is 0 Å². The van der Waals surface area contributed by atoms with Gasteiger partial charge in [0.15, 0.2) is 0 Å². The third-order valence-electron chi connectivity index (χ3n) is 7.42. The fourth-order valence-electron chi connectivity index (χ4n) is 5.17. The van der Waals surface area contributed by atoms with Crippen LogP contribution in [0.4, 0.5) is 19.0 Å². The standard InChI is InChI=1S/C27H34ClF3N4O3/c1-34(2)17-38-16-19-8-9-23(33-24(19)28)35-12-10-18(11-13-35)22-14-20(22)15-32-25(36)26(37,27(29,30)31)21-6-4-3-5-7-21/h3-9,18,20,22,37H,10-17H2,1-2H3,(H,32,36)/t20-,22+,26+/m0/s1. The minimum Gasteiger partial charge on any atom is -0.369 e. The van der Waals surface area contributed by atoms with Crippen LogP contribution in [0.25, 0.3) is 0 Å². The Balaban J connectivity index is 1.25. The van der Waals surface area contributed by atoms with Gasteiger partial charge in [0.1, 0.15) is 11.0 Å². The smallest absolute Gasteiger partial charge is 0.369 e.